The molecular weight excluding hydrogens is 306 g/mol. The monoisotopic (exact) mass is 323 g/mol. The number of nitrogens with zero attached hydrogens (tertiary/aromatic N) is 5. The molecule has 1 aliphatic rings. The Bertz CT molecular complexity index is 988. The van der Waals surface area contributed by atoms with Crippen LogP contribution in [0.4, 0.5) is 5.69 Å². The van der Waals surface area contributed by atoms with Crippen molar-refractivity contribution in [1.82, 2.24) is 19.3 Å². The average molecular weight is 323 g/mol. The van der Waals surface area contributed by atoms with Crippen LogP contribution in [0.5, 0.6) is 0 Å². The molecular formula is C17H17N5O2. The lowest BCUT2D eigenvalue weighted by atomic mass is 10.0. The Balaban J connectivity index is 1.66. The topological polar surface area (TPSA) is 73.0 Å². The summed E-state index contributed by atoms with van der Waals surface area (Å²) in [4.78, 5) is 31.2. The van der Waals surface area contributed by atoms with Crippen LogP contribution in [0.15, 0.2) is 41.6 Å². The van der Waals surface area contributed by atoms with Gasteiger partial charge in [0.2, 0.25) is 5.91 Å². The van der Waals surface area contributed by atoms with E-state index in [0.717, 1.165) is 18.5 Å². The molecule has 1 aromatic carbocycles. The van der Waals surface area contributed by atoms with Gasteiger partial charge in [-0.1, -0.05) is 18.2 Å². The van der Waals surface area contributed by atoms with Gasteiger partial charge >= 0.3 is 0 Å². The minimum atomic E-state index is -0.244. The number of carbonyl (C=O) groups excluding carboxylic acids is 1. The second kappa shape index (κ2) is 5.59. The van der Waals surface area contributed by atoms with Crippen LogP contribution < -0.4 is 10.5 Å². The smallest absolute Gasteiger partial charge is 0.264 e. The lowest BCUT2D eigenvalue weighted by molar-refractivity contribution is -0.119. The van der Waals surface area contributed by atoms with Crippen molar-refractivity contribution in [3.63, 3.8) is 0 Å². The molecule has 3 heterocycles. The molecule has 1 amide bonds. The van der Waals surface area contributed by atoms with E-state index in [4.69, 9.17) is 0 Å². The molecule has 0 N–H and O–H groups in total. The van der Waals surface area contributed by atoms with Gasteiger partial charge in [0.25, 0.3) is 5.56 Å². The number of rotatable bonds is 2. The minimum absolute atomic E-state index is 0.0228. The second-order valence-corrected chi connectivity index (χ2v) is 5.96. The third-order valence-corrected chi connectivity index (χ3v) is 4.44. The number of hydrogen-bond acceptors (Lipinski definition) is 4. The summed E-state index contributed by atoms with van der Waals surface area (Å²) in [7, 11) is 1.73. The molecule has 0 aliphatic carbocycles. The Labute approximate surface area is 138 Å². The summed E-state index contributed by atoms with van der Waals surface area (Å²) in [6.07, 6.45) is 4.81. The summed E-state index contributed by atoms with van der Waals surface area (Å²) in [5, 5.41) is 4.46. The van der Waals surface area contributed by atoms with Crippen molar-refractivity contribution in [3.8, 4) is 0 Å². The van der Waals surface area contributed by atoms with E-state index < -0.39 is 0 Å². The summed E-state index contributed by atoms with van der Waals surface area (Å²) in [6.45, 7) is 0.651. The van der Waals surface area contributed by atoms with Crippen LogP contribution in [0.25, 0.3) is 11.0 Å². The number of benzene rings is 1. The lowest BCUT2D eigenvalue weighted by Gasteiger charge is -2.29. The van der Waals surface area contributed by atoms with E-state index in [0.29, 0.717) is 17.6 Å². The predicted octanol–water partition coefficient (Wildman–Crippen LogP) is 1.11. The van der Waals surface area contributed by atoms with Crippen molar-refractivity contribution in [1.29, 1.82) is 0 Å². The Morgan fingerprint density at radius 1 is 1.29 bits per heavy atom. The third kappa shape index (κ3) is 2.29. The van der Waals surface area contributed by atoms with Crippen LogP contribution in [0.1, 0.15) is 12.0 Å². The molecule has 0 bridgehead atoms. The first-order valence-corrected chi connectivity index (χ1v) is 7.90. The van der Waals surface area contributed by atoms with E-state index in [1.54, 1.807) is 16.6 Å². The predicted molar refractivity (Wildman–Crippen MR) is 89.9 cm³/mol. The SMILES string of the molecule is Cn1ncc2c(=O)n(CC(=O)N3CCCc4ccccc43)cnc21. The van der Waals surface area contributed by atoms with Crippen molar-refractivity contribution >= 4 is 22.6 Å². The van der Waals surface area contributed by atoms with Crippen molar-refractivity contribution in [2.45, 2.75) is 19.4 Å². The highest BCUT2D eigenvalue weighted by molar-refractivity contribution is 5.94. The normalized spacial score (nSPS) is 14.0. The van der Waals surface area contributed by atoms with Gasteiger partial charge in [-0.2, -0.15) is 5.10 Å². The number of anilines is 1. The fourth-order valence-electron chi connectivity index (χ4n) is 3.20. The Morgan fingerprint density at radius 3 is 3.00 bits per heavy atom. The maximum Gasteiger partial charge on any atom is 0.264 e. The molecule has 2 aromatic heterocycles. The minimum Gasteiger partial charge on any atom is -0.311 e. The summed E-state index contributed by atoms with van der Waals surface area (Å²) >= 11 is 0. The Kier molecular flexibility index (Phi) is 3.41. The van der Waals surface area contributed by atoms with Crippen molar-refractivity contribution in [3.05, 3.63) is 52.7 Å². The number of hydrogen-bond donors (Lipinski definition) is 0. The van der Waals surface area contributed by atoms with Gasteiger partial charge in [-0.3, -0.25) is 18.8 Å². The van der Waals surface area contributed by atoms with Gasteiger partial charge in [0.05, 0.1) is 6.20 Å². The zero-order chi connectivity index (χ0) is 16.7. The van der Waals surface area contributed by atoms with Crippen LogP contribution in [-0.4, -0.2) is 31.8 Å². The van der Waals surface area contributed by atoms with Gasteiger partial charge in [0.15, 0.2) is 5.65 Å². The molecule has 3 aromatic rings. The third-order valence-electron chi connectivity index (χ3n) is 4.44. The molecule has 0 radical (unpaired) electrons. The molecule has 0 spiro atoms. The van der Waals surface area contributed by atoms with E-state index in [-0.39, 0.29) is 18.0 Å². The molecule has 0 fully saturated rings. The van der Waals surface area contributed by atoms with Crippen molar-refractivity contribution in [2.75, 3.05) is 11.4 Å². The van der Waals surface area contributed by atoms with Crippen molar-refractivity contribution < 1.29 is 4.79 Å². The highest BCUT2D eigenvalue weighted by atomic mass is 16.2. The number of amides is 1. The summed E-state index contributed by atoms with van der Waals surface area (Å²) in [5.41, 5.74) is 2.39. The van der Waals surface area contributed by atoms with Crippen LogP contribution in [0.3, 0.4) is 0 Å². The zero-order valence-corrected chi connectivity index (χ0v) is 13.3. The van der Waals surface area contributed by atoms with E-state index in [1.807, 2.05) is 24.3 Å². The molecule has 0 unspecified atom stereocenters. The largest absolute Gasteiger partial charge is 0.311 e. The van der Waals surface area contributed by atoms with E-state index >= 15 is 0 Å². The summed E-state index contributed by atoms with van der Waals surface area (Å²) < 4.78 is 2.90. The van der Waals surface area contributed by atoms with Gasteiger partial charge in [-0.25, -0.2) is 4.98 Å². The van der Waals surface area contributed by atoms with Crippen LogP contribution in [-0.2, 0) is 24.8 Å². The zero-order valence-electron chi connectivity index (χ0n) is 13.3. The molecule has 0 saturated heterocycles. The summed E-state index contributed by atoms with van der Waals surface area (Å²) in [6, 6.07) is 7.92. The van der Waals surface area contributed by atoms with Crippen LogP contribution in [0, 0.1) is 0 Å². The molecule has 24 heavy (non-hydrogen) atoms. The molecule has 122 valence electrons. The van der Waals surface area contributed by atoms with Gasteiger partial charge in [0, 0.05) is 19.3 Å². The molecule has 7 heteroatoms. The maximum atomic E-state index is 12.7. The highest BCUT2D eigenvalue weighted by Crippen LogP contribution is 2.26. The molecule has 0 saturated carbocycles. The fraction of sp³-hybridized carbons (Fsp3) is 0.294. The van der Waals surface area contributed by atoms with Gasteiger partial charge in [-0.05, 0) is 24.5 Å². The standard InChI is InChI=1S/C17H17N5O2/c1-20-16-13(9-19-20)17(24)21(11-18-16)10-15(23)22-8-4-6-12-5-2-3-7-14(12)22/h2-3,5,7,9,11H,4,6,8,10H2,1H3. The number of para-hydroxylation sites is 1. The number of carbonyl (C=O) groups is 1. The van der Waals surface area contributed by atoms with Gasteiger partial charge in [0.1, 0.15) is 18.3 Å². The van der Waals surface area contributed by atoms with Gasteiger partial charge in [-0.15, -0.1) is 0 Å². The number of aromatic nitrogens is 4. The first-order valence-electron chi connectivity index (χ1n) is 7.90. The van der Waals surface area contributed by atoms with Crippen LogP contribution >= 0.6 is 0 Å². The quantitative estimate of drug-likeness (QED) is 0.708. The van der Waals surface area contributed by atoms with Crippen molar-refractivity contribution in [2.24, 2.45) is 7.05 Å². The Morgan fingerprint density at radius 2 is 2.12 bits per heavy atom. The fourth-order valence-corrected chi connectivity index (χ4v) is 3.20. The molecule has 1 aliphatic heterocycles. The average Bonchev–Trinajstić information content (AvgIpc) is 2.98. The second-order valence-electron chi connectivity index (χ2n) is 5.96. The van der Waals surface area contributed by atoms with Gasteiger partial charge < -0.3 is 4.90 Å². The molecule has 7 nitrogen and oxygen atoms in total. The van der Waals surface area contributed by atoms with E-state index in [2.05, 4.69) is 10.1 Å². The highest BCUT2D eigenvalue weighted by Gasteiger charge is 2.22. The van der Waals surface area contributed by atoms with Crippen LogP contribution in [0.2, 0.25) is 0 Å². The number of aryl methyl sites for hydroxylation is 2. The maximum absolute atomic E-state index is 12.7. The first-order chi connectivity index (χ1) is 11.6. The van der Waals surface area contributed by atoms with E-state index in [9.17, 15) is 9.59 Å². The molecule has 0 atom stereocenters. The van der Waals surface area contributed by atoms with E-state index in [1.165, 1.54) is 22.7 Å². The lowest BCUT2D eigenvalue weighted by Crippen LogP contribution is -2.39. The summed E-state index contributed by atoms with van der Waals surface area (Å²) in [5.74, 6) is -0.103. The number of fused-ring (bicyclic) bond motifs is 2. The first kappa shape index (κ1) is 14.6. The molecule has 4 rings (SSSR count). The Hall–Kier alpha value is -2.96.